The highest BCUT2D eigenvalue weighted by Gasteiger charge is 2.05. The van der Waals surface area contributed by atoms with Crippen molar-refractivity contribution in [3.8, 4) is 0 Å². The van der Waals surface area contributed by atoms with Gasteiger partial charge in [0.2, 0.25) is 6.41 Å². The molecule has 2 nitrogen and oxygen atoms in total. The molecular formula is C15H35NO. The van der Waals surface area contributed by atoms with Gasteiger partial charge in [0, 0.05) is 13.1 Å². The highest BCUT2D eigenvalue weighted by Crippen LogP contribution is 2.08. The van der Waals surface area contributed by atoms with Crippen LogP contribution in [0.25, 0.3) is 0 Å². The quantitative estimate of drug-likeness (QED) is 0.611. The van der Waals surface area contributed by atoms with Gasteiger partial charge in [0.25, 0.3) is 0 Å². The summed E-state index contributed by atoms with van der Waals surface area (Å²) in [6, 6.07) is 0. The lowest BCUT2D eigenvalue weighted by Gasteiger charge is -2.21. The minimum atomic E-state index is 0.500. The van der Waals surface area contributed by atoms with Gasteiger partial charge in [-0.3, -0.25) is 4.79 Å². The Bertz CT molecular complexity index is 126. The summed E-state index contributed by atoms with van der Waals surface area (Å²) in [5.74, 6) is 0. The lowest BCUT2D eigenvalue weighted by atomic mass is 10.0. The lowest BCUT2D eigenvalue weighted by molar-refractivity contribution is -0.118. The second kappa shape index (κ2) is 15.5. The SMILES string of the molecule is CC.CC.CC(C)(C)C.O=CN1CCCCC1. The van der Waals surface area contributed by atoms with Gasteiger partial charge >= 0.3 is 0 Å². The van der Waals surface area contributed by atoms with Gasteiger partial charge in [-0.25, -0.2) is 0 Å². The van der Waals surface area contributed by atoms with Gasteiger partial charge in [0.15, 0.2) is 0 Å². The highest BCUT2D eigenvalue weighted by molar-refractivity contribution is 5.46. The summed E-state index contributed by atoms with van der Waals surface area (Å²) in [7, 11) is 0. The molecule has 0 atom stereocenters. The molecule has 0 aromatic rings. The van der Waals surface area contributed by atoms with Crippen LogP contribution in [0.5, 0.6) is 0 Å². The molecule has 17 heavy (non-hydrogen) atoms. The summed E-state index contributed by atoms with van der Waals surface area (Å²) >= 11 is 0. The first-order valence-electron chi connectivity index (χ1n) is 7.13. The first kappa shape index (κ1) is 21.7. The van der Waals surface area contributed by atoms with E-state index in [1.807, 2.05) is 32.6 Å². The van der Waals surface area contributed by atoms with E-state index < -0.39 is 0 Å². The van der Waals surface area contributed by atoms with E-state index in [1.165, 1.54) is 19.3 Å². The van der Waals surface area contributed by atoms with Crippen molar-refractivity contribution in [1.82, 2.24) is 4.90 Å². The molecule has 1 fully saturated rings. The molecule has 0 N–H and O–H groups in total. The van der Waals surface area contributed by atoms with Crippen molar-refractivity contribution < 1.29 is 4.79 Å². The Labute approximate surface area is 110 Å². The number of piperidine rings is 1. The van der Waals surface area contributed by atoms with Crippen molar-refractivity contribution in [1.29, 1.82) is 0 Å². The largest absolute Gasteiger partial charge is 0.345 e. The predicted molar refractivity (Wildman–Crippen MR) is 79.3 cm³/mol. The van der Waals surface area contributed by atoms with Crippen LogP contribution in [0, 0.1) is 5.41 Å². The Morgan fingerprint density at radius 3 is 1.29 bits per heavy atom. The van der Waals surface area contributed by atoms with Crippen LogP contribution in [0.2, 0.25) is 0 Å². The standard InChI is InChI=1S/C6H11NO.C5H12.2C2H6/c8-6-7-4-2-1-3-5-7;1-5(2,3)4;2*1-2/h6H,1-5H2;1-4H3;2*1-2H3. The van der Waals surface area contributed by atoms with E-state index in [0.717, 1.165) is 19.5 Å². The maximum Gasteiger partial charge on any atom is 0.209 e. The molecular weight excluding hydrogens is 210 g/mol. The van der Waals surface area contributed by atoms with Crippen molar-refractivity contribution in [3.05, 3.63) is 0 Å². The van der Waals surface area contributed by atoms with Gasteiger partial charge in [0.1, 0.15) is 0 Å². The zero-order valence-electron chi connectivity index (χ0n) is 13.5. The molecule has 106 valence electrons. The molecule has 1 rings (SSSR count). The zero-order valence-corrected chi connectivity index (χ0v) is 13.5. The van der Waals surface area contributed by atoms with Crippen LogP contribution in [0.1, 0.15) is 74.7 Å². The molecule has 1 saturated heterocycles. The third-order valence-electron chi connectivity index (χ3n) is 1.54. The van der Waals surface area contributed by atoms with E-state index in [-0.39, 0.29) is 0 Å². The molecule has 0 saturated carbocycles. The minimum Gasteiger partial charge on any atom is -0.345 e. The number of carbonyl (C=O) groups is 1. The van der Waals surface area contributed by atoms with Crippen LogP contribution in [-0.2, 0) is 4.79 Å². The molecule has 1 heterocycles. The summed E-state index contributed by atoms with van der Waals surface area (Å²) in [4.78, 5) is 11.9. The Morgan fingerprint density at radius 1 is 0.824 bits per heavy atom. The molecule has 1 amide bonds. The molecule has 0 aromatic heterocycles. The average Bonchev–Trinajstić information content (AvgIpc) is 2.33. The number of carbonyl (C=O) groups excluding carboxylic acids is 1. The van der Waals surface area contributed by atoms with Gasteiger partial charge in [-0.15, -0.1) is 0 Å². The zero-order chi connectivity index (χ0) is 14.3. The number of hydrogen-bond acceptors (Lipinski definition) is 1. The number of hydrogen-bond donors (Lipinski definition) is 0. The average molecular weight is 245 g/mol. The first-order valence-corrected chi connectivity index (χ1v) is 7.13. The Kier molecular flexibility index (Phi) is 19.8. The fourth-order valence-corrected chi connectivity index (χ4v) is 1.02. The molecule has 1 aliphatic heterocycles. The summed E-state index contributed by atoms with van der Waals surface area (Å²) in [5.41, 5.74) is 0.500. The van der Waals surface area contributed by atoms with E-state index >= 15 is 0 Å². The minimum absolute atomic E-state index is 0.500. The molecule has 0 aromatic carbocycles. The van der Waals surface area contributed by atoms with Crippen LogP contribution in [0.4, 0.5) is 0 Å². The number of rotatable bonds is 1. The van der Waals surface area contributed by atoms with Gasteiger partial charge < -0.3 is 4.90 Å². The smallest absolute Gasteiger partial charge is 0.209 e. The summed E-state index contributed by atoms with van der Waals surface area (Å²) in [6.07, 6.45) is 4.63. The molecule has 2 heteroatoms. The Morgan fingerprint density at radius 2 is 1.12 bits per heavy atom. The molecule has 0 aliphatic carbocycles. The maximum absolute atomic E-state index is 10.1. The number of likely N-dealkylation sites (tertiary alicyclic amines) is 1. The topological polar surface area (TPSA) is 20.3 Å². The first-order chi connectivity index (χ1) is 7.93. The van der Waals surface area contributed by atoms with E-state index in [1.54, 1.807) is 0 Å². The highest BCUT2D eigenvalue weighted by atomic mass is 16.1. The van der Waals surface area contributed by atoms with Crippen molar-refractivity contribution in [2.45, 2.75) is 74.7 Å². The van der Waals surface area contributed by atoms with E-state index in [2.05, 4.69) is 27.7 Å². The fourth-order valence-electron chi connectivity index (χ4n) is 1.02. The lowest BCUT2D eigenvalue weighted by Crippen LogP contribution is -2.27. The predicted octanol–water partition coefficient (Wildman–Crippen LogP) is 4.73. The van der Waals surface area contributed by atoms with Crippen LogP contribution in [0.3, 0.4) is 0 Å². The van der Waals surface area contributed by atoms with Gasteiger partial charge in [0.05, 0.1) is 0 Å². The van der Waals surface area contributed by atoms with Gasteiger partial charge in [-0.05, 0) is 24.7 Å². The molecule has 0 bridgehead atoms. The van der Waals surface area contributed by atoms with Crippen molar-refractivity contribution in [3.63, 3.8) is 0 Å². The van der Waals surface area contributed by atoms with Crippen LogP contribution in [0.15, 0.2) is 0 Å². The van der Waals surface area contributed by atoms with Gasteiger partial charge in [-0.2, -0.15) is 0 Å². The molecule has 0 unspecified atom stereocenters. The van der Waals surface area contributed by atoms with E-state index in [4.69, 9.17) is 0 Å². The fraction of sp³-hybridized carbons (Fsp3) is 0.933. The van der Waals surface area contributed by atoms with Crippen molar-refractivity contribution in [2.75, 3.05) is 13.1 Å². The monoisotopic (exact) mass is 245 g/mol. The Balaban J connectivity index is -0.000000190. The molecule has 0 radical (unpaired) electrons. The van der Waals surface area contributed by atoms with Crippen LogP contribution in [-0.4, -0.2) is 24.4 Å². The van der Waals surface area contributed by atoms with Crippen LogP contribution < -0.4 is 0 Å². The van der Waals surface area contributed by atoms with Gasteiger partial charge in [-0.1, -0.05) is 55.4 Å². The molecule has 0 spiro atoms. The summed E-state index contributed by atoms with van der Waals surface area (Å²) in [5, 5.41) is 0. The summed E-state index contributed by atoms with van der Waals surface area (Å²) in [6.45, 7) is 18.7. The molecule has 1 aliphatic rings. The summed E-state index contributed by atoms with van der Waals surface area (Å²) < 4.78 is 0. The Hall–Kier alpha value is -0.530. The number of amides is 1. The normalized spacial score (nSPS) is 14.0. The second-order valence-electron chi connectivity index (χ2n) is 5.20. The number of nitrogens with zero attached hydrogens (tertiary/aromatic N) is 1. The van der Waals surface area contributed by atoms with Crippen molar-refractivity contribution in [2.24, 2.45) is 5.41 Å². The van der Waals surface area contributed by atoms with Crippen LogP contribution >= 0.6 is 0 Å². The maximum atomic E-state index is 10.1. The third-order valence-corrected chi connectivity index (χ3v) is 1.54. The second-order valence-corrected chi connectivity index (χ2v) is 5.20. The van der Waals surface area contributed by atoms with E-state index in [0.29, 0.717) is 5.41 Å². The third kappa shape index (κ3) is 31.3. The van der Waals surface area contributed by atoms with E-state index in [9.17, 15) is 4.79 Å². The van der Waals surface area contributed by atoms with Crippen molar-refractivity contribution >= 4 is 6.41 Å².